The fourth-order valence-electron chi connectivity index (χ4n) is 7.38. The number of nitrogens with one attached hydrogen (secondary N) is 2. The minimum atomic E-state index is -0.310. The van der Waals surface area contributed by atoms with E-state index in [9.17, 15) is 19.2 Å². The predicted octanol–water partition coefficient (Wildman–Crippen LogP) is 12.0. The van der Waals surface area contributed by atoms with Crippen LogP contribution in [0.3, 0.4) is 0 Å². The van der Waals surface area contributed by atoms with Crippen molar-refractivity contribution in [2.24, 2.45) is 0 Å². The molecule has 0 bridgehead atoms. The summed E-state index contributed by atoms with van der Waals surface area (Å²) in [6.45, 7) is 0.701. The van der Waals surface area contributed by atoms with Gasteiger partial charge in [0, 0.05) is 34.2 Å². The number of hydrogen-bond donors (Lipinski definition) is 2. The molecule has 0 aliphatic carbocycles. The smallest absolute Gasteiger partial charge is 0.163 e. The Labute approximate surface area is 382 Å². The molecule has 0 atom stereocenters. The number of aromatic amines is 2. The van der Waals surface area contributed by atoms with Gasteiger partial charge in [0.1, 0.15) is 19.0 Å². The largest absolute Gasteiger partial charge is 0.493 e. The molecule has 326 valence electrons. The van der Waals surface area contributed by atoms with Crippen molar-refractivity contribution in [2.45, 2.75) is 26.1 Å². The number of methoxy groups -OCH3 is 1. The summed E-state index contributed by atoms with van der Waals surface area (Å²) in [6.07, 6.45) is 15.7. The molecule has 0 amide bonds. The van der Waals surface area contributed by atoms with E-state index in [4.69, 9.17) is 14.2 Å². The minimum Gasteiger partial charge on any atom is -0.493 e. The maximum absolute atomic E-state index is 12.8. The van der Waals surface area contributed by atoms with Crippen LogP contribution in [-0.4, -0.2) is 40.2 Å². The van der Waals surface area contributed by atoms with E-state index < -0.39 is 0 Å². The fourth-order valence-corrected chi connectivity index (χ4v) is 7.38. The van der Waals surface area contributed by atoms with Crippen molar-refractivity contribution < 1.29 is 33.4 Å². The van der Waals surface area contributed by atoms with Gasteiger partial charge < -0.3 is 24.2 Å². The molecule has 66 heavy (non-hydrogen) atoms. The van der Waals surface area contributed by atoms with E-state index in [-0.39, 0.29) is 36.0 Å². The number of hydrogen-bond acceptors (Lipinski definition) is 7. The molecule has 0 saturated heterocycles. The van der Waals surface area contributed by atoms with Gasteiger partial charge in [0.2, 0.25) is 0 Å². The van der Waals surface area contributed by atoms with Gasteiger partial charge in [-0.1, -0.05) is 109 Å². The summed E-state index contributed by atoms with van der Waals surface area (Å²) in [6, 6.07) is 44.7. The Hall–Kier alpha value is -8.56. The zero-order valence-corrected chi connectivity index (χ0v) is 36.2. The van der Waals surface area contributed by atoms with E-state index in [1.54, 1.807) is 43.5 Å². The number of aromatic nitrogens is 2. The number of ketones is 4. The lowest BCUT2D eigenvalue weighted by Gasteiger charge is -2.11. The first-order valence-corrected chi connectivity index (χ1v) is 21.4. The third kappa shape index (κ3) is 11.7. The van der Waals surface area contributed by atoms with Crippen LogP contribution in [0.5, 0.6) is 17.2 Å². The molecule has 0 saturated carbocycles. The van der Waals surface area contributed by atoms with Crippen molar-refractivity contribution in [3.05, 3.63) is 210 Å². The Morgan fingerprint density at radius 3 is 1.79 bits per heavy atom. The van der Waals surface area contributed by atoms with Crippen LogP contribution < -0.4 is 14.2 Å². The highest BCUT2D eigenvalue weighted by Gasteiger charge is 2.11. The lowest BCUT2D eigenvalue weighted by Crippen LogP contribution is -2.02. The van der Waals surface area contributed by atoms with Gasteiger partial charge in [-0.2, -0.15) is 0 Å². The minimum absolute atomic E-state index is 0.220. The number of fused-ring (bicyclic) bond motifs is 2. The van der Waals surface area contributed by atoms with Gasteiger partial charge >= 0.3 is 0 Å². The van der Waals surface area contributed by atoms with Crippen molar-refractivity contribution in [1.82, 2.24) is 9.97 Å². The molecular formula is C57H46N2O7. The third-order valence-corrected chi connectivity index (χ3v) is 10.8. The van der Waals surface area contributed by atoms with Crippen molar-refractivity contribution in [3.8, 4) is 28.4 Å². The molecule has 0 aliphatic heterocycles. The number of rotatable bonds is 20. The molecule has 9 heteroatoms. The summed E-state index contributed by atoms with van der Waals surface area (Å²) in [7, 11) is 1.58. The van der Waals surface area contributed by atoms with Crippen LogP contribution in [0.25, 0.3) is 57.2 Å². The topological polar surface area (TPSA) is 128 Å². The zero-order chi connectivity index (χ0) is 45.7. The monoisotopic (exact) mass is 870 g/mol. The maximum Gasteiger partial charge on any atom is 0.163 e. The standard InChI is InChI=1S/C57H46N2O7/c1-64-56-28-19-40(31-57(56)66-37-41-9-3-2-4-10-41)18-24-48(61)34-50(63)26-21-46-36-59-55-32-44(22-27-53(46)55)43-13-7-12-42(29-43)38-65-51-14-8-11-39(30-51)17-23-47(60)33-49(62)25-20-45-35-58-54-16-6-5-15-52(45)54/h2-32,35-36,58-59H,33-34,37-38H2,1H3/b23-17+,24-18+,25-20+,26-21+. The molecular weight excluding hydrogens is 825 g/mol. The Morgan fingerprint density at radius 1 is 0.470 bits per heavy atom. The lowest BCUT2D eigenvalue weighted by atomic mass is 10.0. The Morgan fingerprint density at radius 2 is 1.06 bits per heavy atom. The molecule has 0 spiro atoms. The molecule has 9 nitrogen and oxygen atoms in total. The van der Waals surface area contributed by atoms with Crippen LogP contribution in [0.1, 0.15) is 46.2 Å². The highest BCUT2D eigenvalue weighted by molar-refractivity contribution is 6.12. The highest BCUT2D eigenvalue weighted by Crippen LogP contribution is 2.30. The van der Waals surface area contributed by atoms with Gasteiger partial charge in [-0.25, -0.2) is 0 Å². The molecule has 8 rings (SSSR count). The maximum atomic E-state index is 12.8. The van der Waals surface area contributed by atoms with Crippen molar-refractivity contribution in [3.63, 3.8) is 0 Å². The van der Waals surface area contributed by atoms with E-state index in [1.807, 2.05) is 128 Å². The highest BCUT2D eigenvalue weighted by atomic mass is 16.5. The van der Waals surface area contributed by atoms with Gasteiger partial charge in [0.05, 0.1) is 20.0 Å². The van der Waals surface area contributed by atoms with E-state index >= 15 is 0 Å². The van der Waals surface area contributed by atoms with Gasteiger partial charge in [-0.15, -0.1) is 0 Å². The summed E-state index contributed by atoms with van der Waals surface area (Å²) in [5.41, 5.74) is 9.15. The third-order valence-electron chi connectivity index (χ3n) is 10.8. The number of carbonyl (C=O) groups excluding carboxylic acids is 4. The molecule has 6 aromatic carbocycles. The van der Waals surface area contributed by atoms with Crippen LogP contribution in [0, 0.1) is 0 Å². The number of carbonyl (C=O) groups is 4. The molecule has 0 unspecified atom stereocenters. The lowest BCUT2D eigenvalue weighted by molar-refractivity contribution is -0.123. The summed E-state index contributed by atoms with van der Waals surface area (Å²) < 4.78 is 17.6. The Bertz CT molecular complexity index is 3170. The first-order chi connectivity index (χ1) is 32.3. The van der Waals surface area contributed by atoms with Crippen LogP contribution in [0.4, 0.5) is 0 Å². The van der Waals surface area contributed by atoms with Crippen LogP contribution in [-0.2, 0) is 32.4 Å². The second-order valence-electron chi connectivity index (χ2n) is 15.6. The van der Waals surface area contributed by atoms with Gasteiger partial charge in [0.15, 0.2) is 34.6 Å². The SMILES string of the molecule is COc1ccc(/C=C/C(=O)CC(=O)/C=C/c2c[nH]c3cc(-c4cccc(COc5cccc(/C=C/C(=O)CC(=O)/C=C/c6c[nH]c7ccccc67)c5)c4)ccc23)cc1OCc1ccccc1. The van der Waals surface area contributed by atoms with E-state index in [1.165, 1.54) is 24.3 Å². The molecule has 0 aliphatic rings. The summed E-state index contributed by atoms with van der Waals surface area (Å²) in [5, 5.41) is 1.96. The van der Waals surface area contributed by atoms with Gasteiger partial charge in [0.25, 0.3) is 0 Å². The number of H-pyrrole nitrogens is 2. The van der Waals surface area contributed by atoms with Gasteiger partial charge in [-0.05, 0) is 123 Å². The van der Waals surface area contributed by atoms with Crippen LogP contribution in [0.2, 0.25) is 0 Å². The van der Waals surface area contributed by atoms with Gasteiger partial charge in [-0.3, -0.25) is 19.2 Å². The van der Waals surface area contributed by atoms with Crippen molar-refractivity contribution in [2.75, 3.05) is 7.11 Å². The number of para-hydroxylation sites is 1. The van der Waals surface area contributed by atoms with E-state index in [0.29, 0.717) is 30.5 Å². The van der Waals surface area contributed by atoms with E-state index in [0.717, 1.165) is 66.3 Å². The Kier molecular flexibility index (Phi) is 14.2. The summed E-state index contributed by atoms with van der Waals surface area (Å²) in [4.78, 5) is 57.2. The molecule has 2 aromatic heterocycles. The molecule has 2 heterocycles. The average molecular weight is 871 g/mol. The zero-order valence-electron chi connectivity index (χ0n) is 36.2. The second-order valence-corrected chi connectivity index (χ2v) is 15.6. The Balaban J connectivity index is 0.819. The average Bonchev–Trinajstić information content (AvgIpc) is 3.96. The first-order valence-electron chi connectivity index (χ1n) is 21.4. The molecule has 8 aromatic rings. The second kappa shape index (κ2) is 21.2. The normalized spacial score (nSPS) is 11.7. The summed E-state index contributed by atoms with van der Waals surface area (Å²) >= 11 is 0. The molecule has 2 N–H and O–H groups in total. The van der Waals surface area contributed by atoms with Crippen molar-refractivity contribution >= 4 is 69.2 Å². The molecule has 0 fully saturated rings. The summed E-state index contributed by atoms with van der Waals surface area (Å²) in [5.74, 6) is 0.621. The number of benzene rings is 6. The van der Waals surface area contributed by atoms with Crippen LogP contribution >= 0.6 is 0 Å². The quantitative estimate of drug-likeness (QED) is 0.0576. The van der Waals surface area contributed by atoms with Crippen molar-refractivity contribution in [1.29, 1.82) is 0 Å². The predicted molar refractivity (Wildman–Crippen MR) is 262 cm³/mol. The van der Waals surface area contributed by atoms with E-state index in [2.05, 4.69) is 22.1 Å². The number of ether oxygens (including phenoxy) is 3. The van der Waals surface area contributed by atoms with Crippen LogP contribution in [0.15, 0.2) is 176 Å². The number of allylic oxidation sites excluding steroid dienone is 4. The molecule has 0 radical (unpaired) electrons. The first kappa shape index (κ1) is 44.1. The fraction of sp³-hybridized carbons (Fsp3) is 0.0877.